The second kappa shape index (κ2) is 5.86. The first-order valence-corrected chi connectivity index (χ1v) is 5.72. The van der Waals surface area contributed by atoms with E-state index in [4.69, 9.17) is 4.74 Å². The molecule has 0 saturated heterocycles. The van der Waals surface area contributed by atoms with Gasteiger partial charge in [0.05, 0.1) is 12.0 Å². The first kappa shape index (κ1) is 12.9. The van der Waals surface area contributed by atoms with Gasteiger partial charge in [-0.1, -0.05) is 12.1 Å². The third-order valence-electron chi connectivity index (χ3n) is 2.64. The Morgan fingerprint density at radius 2 is 2.05 bits per heavy atom. The van der Waals surface area contributed by atoms with Crippen molar-refractivity contribution in [3.63, 3.8) is 0 Å². The zero-order chi connectivity index (χ0) is 13.7. The number of benzene rings is 2. The van der Waals surface area contributed by atoms with Crippen molar-refractivity contribution in [2.45, 2.75) is 6.54 Å². The van der Waals surface area contributed by atoms with E-state index in [9.17, 15) is 10.1 Å². The summed E-state index contributed by atoms with van der Waals surface area (Å²) in [7, 11) is 1.62. The molecule has 5 heteroatoms. The molecule has 5 nitrogen and oxygen atoms in total. The van der Waals surface area contributed by atoms with Crippen LogP contribution in [0.1, 0.15) is 5.56 Å². The number of ether oxygens (including phenoxy) is 1. The maximum Gasteiger partial charge on any atom is 0.271 e. The predicted octanol–water partition coefficient (Wildman–Crippen LogP) is 3.02. The van der Waals surface area contributed by atoms with Crippen LogP contribution in [0.3, 0.4) is 0 Å². The van der Waals surface area contributed by atoms with Crippen LogP contribution in [-0.4, -0.2) is 12.0 Å². The molecule has 1 N–H and O–H groups in total. The Morgan fingerprint density at radius 1 is 1.32 bits per heavy atom. The van der Waals surface area contributed by atoms with Gasteiger partial charge in [-0.3, -0.25) is 10.1 Å². The fourth-order valence-electron chi connectivity index (χ4n) is 1.61. The number of anilines is 1. The molecule has 1 radical (unpaired) electrons. The van der Waals surface area contributed by atoms with E-state index < -0.39 is 4.92 Å². The molecule has 0 aliphatic heterocycles. The minimum atomic E-state index is -0.424. The van der Waals surface area contributed by atoms with Crippen molar-refractivity contribution in [1.29, 1.82) is 0 Å². The zero-order valence-electron chi connectivity index (χ0n) is 10.4. The first-order chi connectivity index (χ1) is 9.19. The van der Waals surface area contributed by atoms with E-state index in [2.05, 4.69) is 11.4 Å². The Labute approximate surface area is 111 Å². The predicted molar refractivity (Wildman–Crippen MR) is 72.3 cm³/mol. The lowest BCUT2D eigenvalue weighted by Gasteiger charge is -2.06. The number of nitro benzene ring substituents is 1. The molecular weight excluding hydrogens is 244 g/mol. The van der Waals surface area contributed by atoms with Gasteiger partial charge in [0, 0.05) is 30.4 Å². The highest BCUT2D eigenvalue weighted by atomic mass is 16.6. The van der Waals surface area contributed by atoms with Crippen LogP contribution in [0.2, 0.25) is 0 Å². The quantitative estimate of drug-likeness (QED) is 0.660. The van der Waals surface area contributed by atoms with Gasteiger partial charge < -0.3 is 10.1 Å². The van der Waals surface area contributed by atoms with E-state index in [-0.39, 0.29) is 5.69 Å². The number of non-ortho nitro benzene ring substituents is 1. The largest absolute Gasteiger partial charge is 0.497 e. The molecule has 0 aliphatic carbocycles. The Morgan fingerprint density at radius 3 is 2.68 bits per heavy atom. The van der Waals surface area contributed by atoms with Crippen molar-refractivity contribution in [2.24, 2.45) is 0 Å². The van der Waals surface area contributed by atoms with Gasteiger partial charge in [-0.15, -0.1) is 0 Å². The Balaban J connectivity index is 2.01. The van der Waals surface area contributed by atoms with E-state index in [0.29, 0.717) is 12.2 Å². The van der Waals surface area contributed by atoms with E-state index in [1.165, 1.54) is 18.2 Å². The summed E-state index contributed by atoms with van der Waals surface area (Å²) in [4.78, 5) is 10.2. The highest BCUT2D eigenvalue weighted by molar-refractivity contribution is 5.50. The van der Waals surface area contributed by atoms with Crippen molar-refractivity contribution in [3.05, 3.63) is 64.2 Å². The molecule has 0 amide bonds. The molecule has 97 valence electrons. The standard InChI is InChI=1S/C14H13N2O3/c1-19-14-7-5-11(6-8-14)10-15-12-3-2-4-13(9-12)16(17)18/h2,4-9,15H,10H2,1H3. The van der Waals surface area contributed by atoms with Crippen molar-refractivity contribution in [3.8, 4) is 5.75 Å². The number of methoxy groups -OCH3 is 1. The summed E-state index contributed by atoms with van der Waals surface area (Å²) < 4.78 is 5.07. The summed E-state index contributed by atoms with van der Waals surface area (Å²) in [6.45, 7) is 0.571. The molecule has 0 spiro atoms. The van der Waals surface area contributed by atoms with Gasteiger partial charge in [-0.05, 0) is 23.8 Å². The molecule has 0 aliphatic rings. The highest BCUT2D eigenvalue weighted by Gasteiger charge is 2.05. The van der Waals surface area contributed by atoms with Crippen LogP contribution >= 0.6 is 0 Å². The molecule has 2 aromatic rings. The highest BCUT2D eigenvalue weighted by Crippen LogP contribution is 2.18. The maximum absolute atomic E-state index is 10.6. The molecule has 2 rings (SSSR count). The van der Waals surface area contributed by atoms with Crippen molar-refractivity contribution >= 4 is 11.4 Å². The van der Waals surface area contributed by atoms with E-state index >= 15 is 0 Å². The smallest absolute Gasteiger partial charge is 0.271 e. The Bertz CT molecular complexity index is 567. The fraction of sp³-hybridized carbons (Fsp3) is 0.143. The summed E-state index contributed by atoms with van der Waals surface area (Å²) in [5.41, 5.74) is 1.71. The lowest BCUT2D eigenvalue weighted by Crippen LogP contribution is -2.00. The molecule has 0 bridgehead atoms. The SMILES string of the molecule is COc1ccc(CNc2[c]ccc([N+](=O)[O-])c2)cc1. The molecule has 0 unspecified atom stereocenters. The van der Waals surface area contributed by atoms with Crippen LogP contribution in [0.4, 0.5) is 11.4 Å². The second-order valence-corrected chi connectivity index (χ2v) is 3.92. The van der Waals surface area contributed by atoms with Gasteiger partial charge in [0.15, 0.2) is 0 Å². The number of nitrogens with one attached hydrogen (secondary N) is 1. The topological polar surface area (TPSA) is 64.4 Å². The lowest BCUT2D eigenvalue weighted by molar-refractivity contribution is -0.384. The molecule has 19 heavy (non-hydrogen) atoms. The fourth-order valence-corrected chi connectivity index (χ4v) is 1.61. The first-order valence-electron chi connectivity index (χ1n) is 5.72. The van der Waals surface area contributed by atoms with E-state index in [1.807, 2.05) is 24.3 Å². The van der Waals surface area contributed by atoms with Crippen molar-refractivity contribution in [2.75, 3.05) is 12.4 Å². The monoisotopic (exact) mass is 257 g/mol. The Hall–Kier alpha value is -2.56. The van der Waals surface area contributed by atoms with Crippen molar-refractivity contribution < 1.29 is 9.66 Å². The van der Waals surface area contributed by atoms with Crippen LogP contribution in [0, 0.1) is 16.2 Å². The molecule has 2 aromatic carbocycles. The third-order valence-corrected chi connectivity index (χ3v) is 2.64. The normalized spacial score (nSPS) is 9.95. The van der Waals surface area contributed by atoms with Crippen LogP contribution in [-0.2, 0) is 6.54 Å². The van der Waals surface area contributed by atoms with Crippen LogP contribution in [0.25, 0.3) is 0 Å². The van der Waals surface area contributed by atoms with E-state index in [1.54, 1.807) is 7.11 Å². The summed E-state index contributed by atoms with van der Waals surface area (Å²) in [5.74, 6) is 0.797. The van der Waals surface area contributed by atoms with Gasteiger partial charge in [-0.25, -0.2) is 0 Å². The van der Waals surface area contributed by atoms with Gasteiger partial charge in [0.25, 0.3) is 5.69 Å². The molecule has 0 fully saturated rings. The number of hydrogen-bond acceptors (Lipinski definition) is 4. The van der Waals surface area contributed by atoms with Crippen LogP contribution < -0.4 is 10.1 Å². The molecular formula is C14H13N2O3. The summed E-state index contributed by atoms with van der Waals surface area (Å²) >= 11 is 0. The van der Waals surface area contributed by atoms with Gasteiger partial charge >= 0.3 is 0 Å². The number of hydrogen-bond donors (Lipinski definition) is 1. The second-order valence-electron chi connectivity index (χ2n) is 3.92. The van der Waals surface area contributed by atoms with Crippen molar-refractivity contribution in [1.82, 2.24) is 0 Å². The lowest BCUT2D eigenvalue weighted by atomic mass is 10.2. The third kappa shape index (κ3) is 3.45. The van der Waals surface area contributed by atoms with Crippen LogP contribution in [0.15, 0.2) is 42.5 Å². The summed E-state index contributed by atoms with van der Waals surface area (Å²) in [5, 5.41) is 13.7. The minimum absolute atomic E-state index is 0.0518. The molecule has 0 saturated carbocycles. The molecule has 0 aromatic heterocycles. The summed E-state index contributed by atoms with van der Waals surface area (Å²) in [6.07, 6.45) is 0. The Kier molecular flexibility index (Phi) is 3.97. The number of rotatable bonds is 5. The molecule has 0 heterocycles. The maximum atomic E-state index is 10.6. The summed E-state index contributed by atoms with van der Waals surface area (Å²) in [6, 6.07) is 14.9. The zero-order valence-corrected chi connectivity index (χ0v) is 10.4. The van der Waals surface area contributed by atoms with Gasteiger partial charge in [0.1, 0.15) is 5.75 Å². The van der Waals surface area contributed by atoms with Crippen LogP contribution in [0.5, 0.6) is 5.75 Å². The average molecular weight is 257 g/mol. The van der Waals surface area contributed by atoms with Gasteiger partial charge in [-0.2, -0.15) is 0 Å². The minimum Gasteiger partial charge on any atom is -0.497 e. The molecule has 0 atom stereocenters. The number of nitro groups is 1. The van der Waals surface area contributed by atoms with Gasteiger partial charge in [0.2, 0.25) is 0 Å². The number of nitrogens with zero attached hydrogens (tertiary/aromatic N) is 1. The average Bonchev–Trinajstić information content (AvgIpc) is 2.46. The van der Waals surface area contributed by atoms with E-state index in [0.717, 1.165) is 11.3 Å².